The molecule has 0 saturated carbocycles. The van der Waals surface area contributed by atoms with Gasteiger partial charge in [0.05, 0.1) is 6.20 Å². The second-order valence-corrected chi connectivity index (χ2v) is 6.99. The van der Waals surface area contributed by atoms with Crippen LogP contribution in [-0.4, -0.2) is 52.8 Å². The molecule has 1 aliphatic heterocycles. The van der Waals surface area contributed by atoms with Gasteiger partial charge in [-0.1, -0.05) is 13.8 Å². The van der Waals surface area contributed by atoms with E-state index in [1.165, 1.54) is 12.1 Å². The Kier molecular flexibility index (Phi) is 5.88. The maximum Gasteiger partial charge on any atom is 0.225 e. The highest BCUT2D eigenvalue weighted by Gasteiger charge is 2.25. The van der Waals surface area contributed by atoms with Crippen LogP contribution in [0, 0.1) is 11.7 Å². The number of hydrogen-bond acceptors (Lipinski definition) is 4. The van der Waals surface area contributed by atoms with Crippen molar-refractivity contribution in [1.82, 2.24) is 14.8 Å². The lowest BCUT2D eigenvalue weighted by atomic mass is 10.1. The fourth-order valence-corrected chi connectivity index (χ4v) is 3.09. The number of aromatic nitrogens is 1. The van der Waals surface area contributed by atoms with Crippen molar-refractivity contribution < 1.29 is 18.4 Å². The molecule has 0 aliphatic carbocycles. The lowest BCUT2D eigenvalue weighted by molar-refractivity contribution is -0.141. The Morgan fingerprint density at radius 2 is 1.74 bits per heavy atom. The van der Waals surface area contributed by atoms with E-state index in [0.717, 1.165) is 5.56 Å². The summed E-state index contributed by atoms with van der Waals surface area (Å²) in [4.78, 5) is 32.2. The van der Waals surface area contributed by atoms with E-state index in [4.69, 9.17) is 4.42 Å². The second-order valence-electron chi connectivity index (χ2n) is 6.99. The summed E-state index contributed by atoms with van der Waals surface area (Å²) < 4.78 is 18.7. The number of hydrogen-bond donors (Lipinski definition) is 0. The smallest absolute Gasteiger partial charge is 0.225 e. The molecule has 2 aromatic rings. The van der Waals surface area contributed by atoms with Crippen LogP contribution >= 0.6 is 0 Å². The molecule has 1 aromatic carbocycles. The summed E-state index contributed by atoms with van der Waals surface area (Å²) in [5, 5.41) is 0. The molecular formula is C20H24FN3O3. The number of amides is 2. The molecule has 0 unspecified atom stereocenters. The number of oxazole rings is 1. The van der Waals surface area contributed by atoms with Crippen molar-refractivity contribution in [3.05, 3.63) is 42.2 Å². The van der Waals surface area contributed by atoms with E-state index >= 15 is 0 Å². The molecule has 1 fully saturated rings. The van der Waals surface area contributed by atoms with Crippen LogP contribution in [0.1, 0.15) is 26.2 Å². The van der Waals surface area contributed by atoms with E-state index in [1.807, 2.05) is 18.7 Å². The maximum atomic E-state index is 13.0. The first-order valence-corrected chi connectivity index (χ1v) is 9.21. The van der Waals surface area contributed by atoms with Crippen LogP contribution in [0.2, 0.25) is 0 Å². The lowest BCUT2D eigenvalue weighted by Crippen LogP contribution is -2.51. The Labute approximate surface area is 158 Å². The Bertz CT molecular complexity index is 793. The fourth-order valence-electron chi connectivity index (χ4n) is 3.09. The summed E-state index contributed by atoms with van der Waals surface area (Å²) in [5.74, 6) is 0.879. The average Bonchev–Trinajstić information content (AvgIpc) is 3.15. The Balaban J connectivity index is 1.49. The van der Waals surface area contributed by atoms with E-state index in [2.05, 4.69) is 4.98 Å². The second kappa shape index (κ2) is 8.33. The maximum absolute atomic E-state index is 13.0. The molecule has 2 heterocycles. The van der Waals surface area contributed by atoms with Crippen LogP contribution < -0.4 is 0 Å². The van der Waals surface area contributed by atoms with Gasteiger partial charge in [0, 0.05) is 50.5 Å². The Morgan fingerprint density at radius 3 is 2.37 bits per heavy atom. The number of nitrogens with zero attached hydrogens (tertiary/aromatic N) is 3. The minimum Gasteiger partial charge on any atom is -0.441 e. The first-order valence-electron chi connectivity index (χ1n) is 9.21. The molecule has 0 N–H and O–H groups in total. The highest BCUT2D eigenvalue weighted by Crippen LogP contribution is 2.21. The van der Waals surface area contributed by atoms with E-state index in [1.54, 1.807) is 23.2 Å². The molecule has 7 heteroatoms. The van der Waals surface area contributed by atoms with Gasteiger partial charge in [-0.3, -0.25) is 9.59 Å². The molecule has 0 atom stereocenters. The van der Waals surface area contributed by atoms with Gasteiger partial charge in [-0.15, -0.1) is 0 Å². The first kappa shape index (κ1) is 19.1. The van der Waals surface area contributed by atoms with Gasteiger partial charge in [-0.25, -0.2) is 9.37 Å². The average molecular weight is 373 g/mol. The zero-order valence-corrected chi connectivity index (χ0v) is 15.7. The summed E-state index contributed by atoms with van der Waals surface area (Å²) in [6.07, 6.45) is 2.30. The number of carbonyl (C=O) groups is 2. The molecule has 2 amide bonds. The lowest BCUT2D eigenvalue weighted by Gasteiger charge is -2.35. The van der Waals surface area contributed by atoms with E-state index in [-0.39, 0.29) is 23.5 Å². The van der Waals surface area contributed by atoms with E-state index in [0.29, 0.717) is 50.7 Å². The van der Waals surface area contributed by atoms with E-state index in [9.17, 15) is 14.0 Å². The summed E-state index contributed by atoms with van der Waals surface area (Å²) >= 11 is 0. The highest BCUT2D eigenvalue weighted by atomic mass is 19.1. The molecule has 6 nitrogen and oxygen atoms in total. The van der Waals surface area contributed by atoms with Crippen LogP contribution in [0.3, 0.4) is 0 Å². The third-order valence-corrected chi connectivity index (χ3v) is 4.67. The minimum atomic E-state index is -0.306. The monoisotopic (exact) mass is 373 g/mol. The fraction of sp³-hybridized carbons (Fsp3) is 0.450. The van der Waals surface area contributed by atoms with Crippen molar-refractivity contribution in [2.45, 2.75) is 26.7 Å². The van der Waals surface area contributed by atoms with Gasteiger partial charge in [-0.05, 0) is 24.3 Å². The number of piperazine rings is 1. The highest BCUT2D eigenvalue weighted by molar-refractivity contribution is 5.79. The van der Waals surface area contributed by atoms with Gasteiger partial charge in [-0.2, -0.15) is 0 Å². The van der Waals surface area contributed by atoms with Crippen LogP contribution in [0.4, 0.5) is 4.39 Å². The third-order valence-electron chi connectivity index (χ3n) is 4.67. The van der Waals surface area contributed by atoms with Crippen LogP contribution in [0.15, 0.2) is 34.9 Å². The summed E-state index contributed by atoms with van der Waals surface area (Å²) in [7, 11) is 0. The molecule has 3 rings (SSSR count). The summed E-state index contributed by atoms with van der Waals surface area (Å²) in [5.41, 5.74) is 0.743. The van der Waals surface area contributed by atoms with E-state index < -0.39 is 0 Å². The number of rotatable bonds is 5. The van der Waals surface area contributed by atoms with Crippen molar-refractivity contribution in [1.29, 1.82) is 0 Å². The van der Waals surface area contributed by atoms with Crippen LogP contribution in [0.5, 0.6) is 0 Å². The quantitative estimate of drug-likeness (QED) is 0.808. The van der Waals surface area contributed by atoms with Crippen molar-refractivity contribution in [3.63, 3.8) is 0 Å². The molecule has 0 spiro atoms. The standard InChI is InChI=1S/C20H24FN3O3/c1-14(2)20(26)24-11-9-23(10-12-24)19(25)8-7-18-22-13-17(27-18)15-3-5-16(21)6-4-15/h3-6,13-14H,7-12H2,1-2H3. The zero-order valence-electron chi connectivity index (χ0n) is 15.7. The molecular weight excluding hydrogens is 349 g/mol. The Hall–Kier alpha value is -2.70. The van der Waals surface area contributed by atoms with Gasteiger partial charge in [0.25, 0.3) is 0 Å². The van der Waals surface area contributed by atoms with Crippen LogP contribution in [-0.2, 0) is 16.0 Å². The molecule has 1 aliphatic rings. The predicted molar refractivity (Wildman–Crippen MR) is 98.2 cm³/mol. The zero-order chi connectivity index (χ0) is 19.4. The van der Waals surface area contributed by atoms with Crippen molar-refractivity contribution in [2.75, 3.05) is 26.2 Å². The molecule has 1 aromatic heterocycles. The summed E-state index contributed by atoms with van der Waals surface area (Å²) in [6, 6.07) is 5.99. The van der Waals surface area contributed by atoms with Crippen molar-refractivity contribution >= 4 is 11.8 Å². The predicted octanol–water partition coefficient (Wildman–Crippen LogP) is 2.74. The molecule has 0 radical (unpaired) electrons. The topological polar surface area (TPSA) is 66.7 Å². The third kappa shape index (κ3) is 4.72. The summed E-state index contributed by atoms with van der Waals surface area (Å²) in [6.45, 7) is 6.05. The van der Waals surface area contributed by atoms with Gasteiger partial charge in [0.1, 0.15) is 5.82 Å². The first-order chi connectivity index (χ1) is 12.9. The largest absolute Gasteiger partial charge is 0.441 e. The number of aryl methyl sites for hydroxylation is 1. The number of carbonyl (C=O) groups excluding carboxylic acids is 2. The molecule has 0 bridgehead atoms. The number of benzene rings is 1. The van der Waals surface area contributed by atoms with Gasteiger partial charge in [0.15, 0.2) is 11.7 Å². The Morgan fingerprint density at radius 1 is 1.11 bits per heavy atom. The van der Waals surface area contributed by atoms with Crippen molar-refractivity contribution in [2.24, 2.45) is 5.92 Å². The minimum absolute atomic E-state index is 0.0208. The van der Waals surface area contributed by atoms with Crippen molar-refractivity contribution in [3.8, 4) is 11.3 Å². The van der Waals surface area contributed by atoms with Gasteiger partial charge < -0.3 is 14.2 Å². The normalized spacial score (nSPS) is 14.7. The molecule has 144 valence electrons. The molecule has 27 heavy (non-hydrogen) atoms. The SMILES string of the molecule is CC(C)C(=O)N1CCN(C(=O)CCc2ncc(-c3ccc(F)cc3)o2)CC1. The van der Waals surface area contributed by atoms with Gasteiger partial charge >= 0.3 is 0 Å². The van der Waals surface area contributed by atoms with Gasteiger partial charge in [0.2, 0.25) is 11.8 Å². The van der Waals surface area contributed by atoms with Crippen LogP contribution in [0.25, 0.3) is 11.3 Å². The molecule has 1 saturated heterocycles. The number of halogens is 1.